The van der Waals surface area contributed by atoms with Gasteiger partial charge >= 0.3 is 0 Å². The molecule has 0 atom stereocenters. The second-order valence-electron chi connectivity index (χ2n) is 15.4. The van der Waals surface area contributed by atoms with E-state index >= 15 is 0 Å². The summed E-state index contributed by atoms with van der Waals surface area (Å²) in [7, 11) is 0. The number of aromatic nitrogens is 1. The van der Waals surface area contributed by atoms with Crippen LogP contribution in [0.15, 0.2) is 223 Å². The van der Waals surface area contributed by atoms with Crippen LogP contribution in [-0.4, -0.2) is 4.57 Å². The lowest BCUT2D eigenvalue weighted by Crippen LogP contribution is -2.09. The highest BCUT2D eigenvalue weighted by atomic mass is 16.3. The van der Waals surface area contributed by atoms with E-state index in [1.165, 1.54) is 60.0 Å². The van der Waals surface area contributed by atoms with Gasteiger partial charge in [0.2, 0.25) is 0 Å². The summed E-state index contributed by atoms with van der Waals surface area (Å²) in [5.74, 6) is 0. The molecule has 0 saturated carbocycles. The van der Waals surface area contributed by atoms with Crippen molar-refractivity contribution in [3.8, 4) is 27.9 Å². The SMILES string of the molecule is c1ccc(-n2c3ccccc3c3cc4ccccc4cc32)c(-c2ccc(N(c3ccc(-c4ccc5ccccc5c4)cc3)c3ccc4c(c3)oc3ccccc34)cc2)c1. The minimum absolute atomic E-state index is 0.867. The summed E-state index contributed by atoms with van der Waals surface area (Å²) in [6.45, 7) is 0. The molecule has 0 unspecified atom stereocenters. The summed E-state index contributed by atoms with van der Waals surface area (Å²) >= 11 is 0. The Morgan fingerprint density at radius 1 is 0.322 bits per heavy atom. The molecule has 12 rings (SSSR count). The maximum absolute atomic E-state index is 6.41. The van der Waals surface area contributed by atoms with Crippen LogP contribution in [0.2, 0.25) is 0 Å². The highest BCUT2D eigenvalue weighted by Crippen LogP contribution is 2.42. The van der Waals surface area contributed by atoms with Gasteiger partial charge < -0.3 is 13.9 Å². The topological polar surface area (TPSA) is 21.3 Å². The summed E-state index contributed by atoms with van der Waals surface area (Å²) in [6.07, 6.45) is 0. The van der Waals surface area contributed by atoms with E-state index in [0.717, 1.165) is 50.3 Å². The van der Waals surface area contributed by atoms with Crippen LogP contribution in [0.3, 0.4) is 0 Å². The summed E-state index contributed by atoms with van der Waals surface area (Å²) < 4.78 is 8.85. The van der Waals surface area contributed by atoms with Crippen molar-refractivity contribution >= 4 is 82.4 Å². The summed E-state index contributed by atoms with van der Waals surface area (Å²) in [5, 5.41) is 9.71. The molecular weight excluding hydrogens is 717 g/mol. The maximum Gasteiger partial charge on any atom is 0.137 e. The lowest BCUT2D eigenvalue weighted by atomic mass is 10.0. The first-order chi connectivity index (χ1) is 29.2. The van der Waals surface area contributed by atoms with Crippen molar-refractivity contribution in [1.29, 1.82) is 0 Å². The van der Waals surface area contributed by atoms with Crippen LogP contribution in [0.1, 0.15) is 0 Å². The normalized spacial score (nSPS) is 11.7. The largest absolute Gasteiger partial charge is 0.456 e. The molecule has 0 aliphatic rings. The molecule has 0 fully saturated rings. The average Bonchev–Trinajstić information content (AvgIpc) is 3.83. The molecule has 0 saturated heterocycles. The lowest BCUT2D eigenvalue weighted by Gasteiger charge is -2.26. The zero-order valence-corrected chi connectivity index (χ0v) is 32.1. The molecule has 10 aromatic carbocycles. The number of hydrogen-bond acceptors (Lipinski definition) is 2. The Hall–Kier alpha value is -7.88. The van der Waals surface area contributed by atoms with Crippen LogP contribution in [0.25, 0.3) is 93.2 Å². The van der Waals surface area contributed by atoms with Crippen LogP contribution in [0.5, 0.6) is 0 Å². The van der Waals surface area contributed by atoms with E-state index in [1.54, 1.807) is 0 Å². The predicted molar refractivity (Wildman–Crippen MR) is 249 cm³/mol. The van der Waals surface area contributed by atoms with E-state index in [0.29, 0.717) is 0 Å². The van der Waals surface area contributed by atoms with Gasteiger partial charge in [-0.3, -0.25) is 0 Å². The Kier molecular flexibility index (Phi) is 7.54. The van der Waals surface area contributed by atoms with Crippen LogP contribution in [-0.2, 0) is 0 Å². The molecule has 0 N–H and O–H groups in total. The Balaban J connectivity index is 0.979. The molecule has 3 heteroatoms. The van der Waals surface area contributed by atoms with Gasteiger partial charge in [-0.2, -0.15) is 0 Å². The zero-order valence-electron chi connectivity index (χ0n) is 32.1. The van der Waals surface area contributed by atoms with Crippen molar-refractivity contribution in [2.45, 2.75) is 0 Å². The molecule has 2 aromatic heterocycles. The first-order valence-electron chi connectivity index (χ1n) is 20.2. The molecule has 2 heterocycles. The van der Waals surface area contributed by atoms with Crippen LogP contribution >= 0.6 is 0 Å². The molecule has 276 valence electrons. The van der Waals surface area contributed by atoms with Gasteiger partial charge in [-0.1, -0.05) is 140 Å². The van der Waals surface area contributed by atoms with Crippen LogP contribution < -0.4 is 4.90 Å². The zero-order chi connectivity index (χ0) is 38.9. The van der Waals surface area contributed by atoms with Gasteiger partial charge in [0.25, 0.3) is 0 Å². The van der Waals surface area contributed by atoms with Gasteiger partial charge in [0.15, 0.2) is 0 Å². The second kappa shape index (κ2) is 13.4. The van der Waals surface area contributed by atoms with E-state index in [9.17, 15) is 0 Å². The van der Waals surface area contributed by atoms with E-state index in [2.05, 4.69) is 216 Å². The quantitative estimate of drug-likeness (QED) is 0.169. The third-order valence-electron chi connectivity index (χ3n) is 12.0. The minimum atomic E-state index is 0.867. The Labute approximate surface area is 341 Å². The van der Waals surface area contributed by atoms with Crippen molar-refractivity contribution in [3.05, 3.63) is 218 Å². The van der Waals surface area contributed by atoms with Gasteiger partial charge in [0.05, 0.1) is 16.7 Å². The molecule has 12 aromatic rings. The highest BCUT2D eigenvalue weighted by Gasteiger charge is 2.19. The highest BCUT2D eigenvalue weighted by molar-refractivity contribution is 6.14. The first kappa shape index (κ1) is 33.3. The molecule has 0 amide bonds. The maximum atomic E-state index is 6.41. The number of fused-ring (bicyclic) bond motifs is 8. The Morgan fingerprint density at radius 3 is 1.69 bits per heavy atom. The number of nitrogens with zero attached hydrogens (tertiary/aromatic N) is 2. The number of rotatable bonds is 6. The first-order valence-corrected chi connectivity index (χ1v) is 20.2. The van der Waals surface area contributed by atoms with E-state index < -0.39 is 0 Å². The minimum Gasteiger partial charge on any atom is -0.456 e. The van der Waals surface area contributed by atoms with Crippen molar-refractivity contribution in [3.63, 3.8) is 0 Å². The number of anilines is 3. The monoisotopic (exact) mass is 752 g/mol. The van der Waals surface area contributed by atoms with E-state index in [1.807, 2.05) is 12.1 Å². The fourth-order valence-electron chi connectivity index (χ4n) is 9.09. The van der Waals surface area contributed by atoms with Crippen molar-refractivity contribution in [2.75, 3.05) is 4.90 Å². The smallest absolute Gasteiger partial charge is 0.137 e. The Morgan fingerprint density at radius 2 is 0.898 bits per heavy atom. The fourth-order valence-corrected chi connectivity index (χ4v) is 9.09. The van der Waals surface area contributed by atoms with Crippen LogP contribution in [0, 0.1) is 0 Å². The lowest BCUT2D eigenvalue weighted by molar-refractivity contribution is 0.669. The molecule has 0 aliphatic carbocycles. The van der Waals surface area contributed by atoms with E-state index in [4.69, 9.17) is 4.42 Å². The van der Waals surface area contributed by atoms with Crippen molar-refractivity contribution in [1.82, 2.24) is 4.57 Å². The second-order valence-corrected chi connectivity index (χ2v) is 15.4. The molecule has 0 bridgehead atoms. The Bertz CT molecular complexity index is 3550. The van der Waals surface area contributed by atoms with Crippen molar-refractivity contribution in [2.24, 2.45) is 0 Å². The summed E-state index contributed by atoms with van der Waals surface area (Å²) in [5.41, 5.74) is 13.2. The number of furan rings is 1. The van der Waals surface area contributed by atoms with Gasteiger partial charge in [-0.25, -0.2) is 0 Å². The van der Waals surface area contributed by atoms with Gasteiger partial charge in [-0.05, 0) is 111 Å². The molecular formula is C56H36N2O. The molecule has 59 heavy (non-hydrogen) atoms. The van der Waals surface area contributed by atoms with Crippen LogP contribution in [0.4, 0.5) is 17.1 Å². The third-order valence-corrected chi connectivity index (χ3v) is 12.0. The summed E-state index contributed by atoms with van der Waals surface area (Å²) in [4.78, 5) is 2.32. The standard InChI is InChI=1S/C56H36N2O/c1-2-12-40-33-43(22-21-37(40)11-1)38-23-27-44(28-24-38)57(46-31-32-50-49-17-7-10-20-55(49)59-56(50)36-46)45-29-25-39(26-30-45)47-15-5-8-18-52(47)58-53-19-9-6-16-48(53)51-34-41-13-3-4-14-42(41)35-54(51)58/h1-36H. The number of hydrogen-bond donors (Lipinski definition) is 0. The molecule has 0 radical (unpaired) electrons. The molecule has 0 spiro atoms. The van der Waals surface area contributed by atoms with Gasteiger partial charge in [-0.15, -0.1) is 0 Å². The molecule has 0 aliphatic heterocycles. The number of benzene rings is 10. The van der Waals surface area contributed by atoms with Crippen molar-refractivity contribution < 1.29 is 4.42 Å². The predicted octanol–water partition coefficient (Wildman–Crippen LogP) is 15.8. The molecule has 3 nitrogen and oxygen atoms in total. The fraction of sp³-hybridized carbons (Fsp3) is 0. The van der Waals surface area contributed by atoms with Gasteiger partial charge in [0.1, 0.15) is 11.2 Å². The average molecular weight is 753 g/mol. The summed E-state index contributed by atoms with van der Waals surface area (Å²) in [6, 6.07) is 78.8. The number of para-hydroxylation sites is 3. The van der Waals surface area contributed by atoms with E-state index in [-0.39, 0.29) is 0 Å². The third kappa shape index (κ3) is 5.51. The van der Waals surface area contributed by atoms with Gasteiger partial charge in [0, 0.05) is 50.2 Å².